The minimum absolute atomic E-state index is 0.0926. The molecular formula is C21H18N2O3. The smallest absolute Gasteiger partial charge is 0.262 e. The van der Waals surface area contributed by atoms with Crippen LogP contribution in [-0.2, 0) is 4.79 Å². The van der Waals surface area contributed by atoms with Crippen LogP contribution < -0.4 is 15.4 Å². The van der Waals surface area contributed by atoms with Crippen LogP contribution in [0.4, 0.5) is 11.4 Å². The summed E-state index contributed by atoms with van der Waals surface area (Å²) in [7, 11) is 0. The second kappa shape index (κ2) is 8.48. The molecule has 5 heteroatoms. The molecule has 0 aliphatic carbocycles. The van der Waals surface area contributed by atoms with Crippen LogP contribution in [0.3, 0.4) is 0 Å². The third-order valence-corrected chi connectivity index (χ3v) is 3.55. The number of benzene rings is 3. The Hall–Kier alpha value is -3.60. The summed E-state index contributed by atoms with van der Waals surface area (Å²) in [6.45, 7) is -0.0926. The van der Waals surface area contributed by atoms with Crippen LogP contribution in [0.25, 0.3) is 0 Å². The first-order valence-electron chi connectivity index (χ1n) is 8.15. The second-order valence-corrected chi connectivity index (χ2v) is 5.55. The van der Waals surface area contributed by atoms with Gasteiger partial charge in [0, 0.05) is 16.9 Å². The highest BCUT2D eigenvalue weighted by Crippen LogP contribution is 2.16. The van der Waals surface area contributed by atoms with Crippen LogP contribution >= 0.6 is 0 Å². The largest absolute Gasteiger partial charge is 0.484 e. The topological polar surface area (TPSA) is 67.4 Å². The molecule has 2 N–H and O–H groups in total. The van der Waals surface area contributed by atoms with Gasteiger partial charge >= 0.3 is 0 Å². The number of carbonyl (C=O) groups is 2. The lowest BCUT2D eigenvalue weighted by Crippen LogP contribution is -2.20. The van der Waals surface area contributed by atoms with E-state index in [1.807, 2.05) is 24.3 Å². The van der Waals surface area contributed by atoms with Crippen molar-refractivity contribution in [2.24, 2.45) is 0 Å². The first-order valence-corrected chi connectivity index (χ1v) is 8.15. The Balaban J connectivity index is 1.57. The molecule has 26 heavy (non-hydrogen) atoms. The molecule has 0 unspecified atom stereocenters. The first-order chi connectivity index (χ1) is 12.7. The molecule has 0 heterocycles. The maximum absolute atomic E-state index is 12.2. The van der Waals surface area contributed by atoms with E-state index in [0.29, 0.717) is 22.7 Å². The van der Waals surface area contributed by atoms with Crippen LogP contribution in [-0.4, -0.2) is 18.4 Å². The van der Waals surface area contributed by atoms with Crippen LogP contribution in [0, 0.1) is 0 Å². The molecule has 0 aliphatic heterocycles. The van der Waals surface area contributed by atoms with E-state index in [2.05, 4.69) is 10.6 Å². The van der Waals surface area contributed by atoms with E-state index in [4.69, 9.17) is 4.74 Å². The van der Waals surface area contributed by atoms with Gasteiger partial charge < -0.3 is 15.4 Å². The van der Waals surface area contributed by atoms with Crippen molar-refractivity contribution in [2.75, 3.05) is 17.2 Å². The molecule has 5 nitrogen and oxygen atoms in total. The predicted octanol–water partition coefficient (Wildman–Crippen LogP) is 3.96. The maximum Gasteiger partial charge on any atom is 0.262 e. The van der Waals surface area contributed by atoms with Crippen LogP contribution in [0.5, 0.6) is 5.75 Å². The minimum Gasteiger partial charge on any atom is -0.484 e. The summed E-state index contributed by atoms with van der Waals surface area (Å²) in [4.78, 5) is 24.2. The molecule has 0 spiro atoms. The van der Waals surface area contributed by atoms with Crippen LogP contribution in [0.2, 0.25) is 0 Å². The fourth-order valence-electron chi connectivity index (χ4n) is 2.33. The average Bonchev–Trinajstić information content (AvgIpc) is 2.68. The van der Waals surface area contributed by atoms with Gasteiger partial charge in [0.2, 0.25) is 0 Å². The summed E-state index contributed by atoms with van der Waals surface area (Å²) in [6.07, 6.45) is 0. The second-order valence-electron chi connectivity index (χ2n) is 5.55. The van der Waals surface area contributed by atoms with E-state index < -0.39 is 0 Å². The average molecular weight is 346 g/mol. The summed E-state index contributed by atoms with van der Waals surface area (Å²) in [6, 6.07) is 25.0. The molecule has 3 rings (SSSR count). The Morgan fingerprint density at radius 3 is 2.04 bits per heavy atom. The van der Waals surface area contributed by atoms with Crippen molar-refractivity contribution in [2.45, 2.75) is 0 Å². The van der Waals surface area contributed by atoms with Gasteiger partial charge in [0.1, 0.15) is 5.75 Å². The standard InChI is InChI=1S/C21H18N2O3/c24-20(15-26-19-12-5-2-6-13-19)22-17-10-7-11-18(14-17)23-21(25)16-8-3-1-4-9-16/h1-14H,15H2,(H,22,24)(H,23,25). The van der Waals surface area contributed by atoms with Crippen molar-refractivity contribution in [3.8, 4) is 5.75 Å². The molecule has 0 saturated carbocycles. The third-order valence-electron chi connectivity index (χ3n) is 3.55. The SMILES string of the molecule is O=C(COc1ccccc1)Nc1cccc(NC(=O)c2ccccc2)c1. The summed E-state index contributed by atoms with van der Waals surface area (Å²) in [5, 5.41) is 5.56. The highest BCUT2D eigenvalue weighted by atomic mass is 16.5. The zero-order valence-electron chi connectivity index (χ0n) is 14.0. The van der Waals surface area contributed by atoms with Crippen LogP contribution in [0.15, 0.2) is 84.9 Å². The Bertz CT molecular complexity index is 880. The number of carbonyl (C=O) groups excluding carboxylic acids is 2. The van der Waals surface area contributed by atoms with Gasteiger partial charge in [0.05, 0.1) is 0 Å². The molecule has 130 valence electrons. The molecular weight excluding hydrogens is 328 g/mol. The van der Waals surface area contributed by atoms with Gasteiger partial charge in [-0.25, -0.2) is 0 Å². The fourth-order valence-corrected chi connectivity index (χ4v) is 2.33. The third kappa shape index (κ3) is 4.95. The number of hydrogen-bond acceptors (Lipinski definition) is 3. The van der Waals surface area contributed by atoms with Crippen molar-refractivity contribution < 1.29 is 14.3 Å². The zero-order chi connectivity index (χ0) is 18.2. The molecule has 0 saturated heterocycles. The van der Waals surface area contributed by atoms with E-state index in [9.17, 15) is 9.59 Å². The lowest BCUT2D eigenvalue weighted by atomic mass is 10.2. The lowest BCUT2D eigenvalue weighted by Gasteiger charge is -2.10. The van der Waals surface area contributed by atoms with Gasteiger partial charge in [-0.15, -0.1) is 0 Å². The minimum atomic E-state index is -0.277. The molecule has 3 aromatic rings. The number of hydrogen-bond donors (Lipinski definition) is 2. The first kappa shape index (κ1) is 17.2. The van der Waals surface area contributed by atoms with Gasteiger partial charge in [-0.3, -0.25) is 9.59 Å². The Morgan fingerprint density at radius 2 is 1.35 bits per heavy atom. The molecule has 0 aliphatic rings. The van der Waals surface area contributed by atoms with Crippen molar-refractivity contribution in [3.63, 3.8) is 0 Å². The summed E-state index contributed by atoms with van der Waals surface area (Å²) in [5.41, 5.74) is 1.75. The number of nitrogens with one attached hydrogen (secondary N) is 2. The van der Waals surface area contributed by atoms with Gasteiger partial charge in [0.25, 0.3) is 11.8 Å². The number of anilines is 2. The molecule has 0 aromatic heterocycles. The molecule has 0 bridgehead atoms. The van der Waals surface area contributed by atoms with E-state index >= 15 is 0 Å². The molecule has 2 amide bonds. The van der Waals surface area contributed by atoms with Crippen molar-refractivity contribution >= 4 is 23.2 Å². The molecule has 0 fully saturated rings. The van der Waals surface area contributed by atoms with Crippen molar-refractivity contribution in [1.29, 1.82) is 0 Å². The molecule has 3 aromatic carbocycles. The lowest BCUT2D eigenvalue weighted by molar-refractivity contribution is -0.118. The van der Waals surface area contributed by atoms with E-state index in [1.54, 1.807) is 60.7 Å². The maximum atomic E-state index is 12.2. The van der Waals surface area contributed by atoms with E-state index in [0.717, 1.165) is 0 Å². The zero-order valence-corrected chi connectivity index (χ0v) is 14.0. The highest BCUT2D eigenvalue weighted by Gasteiger charge is 2.07. The monoisotopic (exact) mass is 346 g/mol. The van der Waals surface area contributed by atoms with Gasteiger partial charge in [-0.2, -0.15) is 0 Å². The molecule has 0 atom stereocenters. The van der Waals surface area contributed by atoms with Crippen molar-refractivity contribution in [1.82, 2.24) is 0 Å². The number of para-hydroxylation sites is 1. The van der Waals surface area contributed by atoms with Gasteiger partial charge in [-0.1, -0.05) is 42.5 Å². The number of amides is 2. The quantitative estimate of drug-likeness (QED) is 0.710. The summed E-state index contributed by atoms with van der Waals surface area (Å²) >= 11 is 0. The van der Waals surface area contributed by atoms with E-state index in [-0.39, 0.29) is 18.4 Å². The Morgan fingerprint density at radius 1 is 0.731 bits per heavy atom. The summed E-state index contributed by atoms with van der Waals surface area (Å²) < 4.78 is 5.41. The Labute approximate surface area is 151 Å². The predicted molar refractivity (Wildman–Crippen MR) is 101 cm³/mol. The Kier molecular flexibility index (Phi) is 5.62. The normalized spacial score (nSPS) is 10.0. The van der Waals surface area contributed by atoms with E-state index in [1.165, 1.54) is 0 Å². The summed E-state index contributed by atoms with van der Waals surface area (Å²) in [5.74, 6) is 0.147. The number of ether oxygens (including phenoxy) is 1. The molecule has 0 radical (unpaired) electrons. The van der Waals surface area contributed by atoms with Crippen LogP contribution in [0.1, 0.15) is 10.4 Å². The number of rotatable bonds is 6. The highest BCUT2D eigenvalue weighted by molar-refractivity contribution is 6.04. The van der Waals surface area contributed by atoms with Gasteiger partial charge in [0.15, 0.2) is 6.61 Å². The van der Waals surface area contributed by atoms with Gasteiger partial charge in [-0.05, 0) is 42.5 Å². The fraction of sp³-hybridized carbons (Fsp3) is 0.0476. The van der Waals surface area contributed by atoms with Crippen molar-refractivity contribution in [3.05, 3.63) is 90.5 Å².